The van der Waals surface area contributed by atoms with Gasteiger partial charge in [0.15, 0.2) is 11.8 Å². The van der Waals surface area contributed by atoms with Crippen molar-refractivity contribution in [2.24, 2.45) is 9.98 Å². The number of amides is 2. The Morgan fingerprint density at radius 2 is 1.35 bits per heavy atom. The van der Waals surface area contributed by atoms with Crippen molar-refractivity contribution in [2.75, 3.05) is 46.1 Å². The molecule has 2 aliphatic heterocycles. The first-order chi connectivity index (χ1) is 23.6. The van der Waals surface area contributed by atoms with Gasteiger partial charge in [0.1, 0.15) is 30.4 Å². The lowest BCUT2D eigenvalue weighted by Crippen LogP contribution is -2.37. The minimum Gasteiger partial charge on any atom is -0.615 e. The summed E-state index contributed by atoms with van der Waals surface area (Å²) < 4.78 is 39.2. The van der Waals surface area contributed by atoms with Gasteiger partial charge in [0.2, 0.25) is 0 Å². The molecule has 3 heterocycles. The Kier molecular flexibility index (Phi) is 12.6. The number of fused-ring (bicyclic) bond motifs is 2. The first-order valence-corrected chi connectivity index (χ1v) is 19.4. The lowest BCUT2D eigenvalue weighted by Gasteiger charge is -2.23. The molecule has 3 aromatic carbocycles. The van der Waals surface area contributed by atoms with Gasteiger partial charge in [-0.15, -0.1) is 0 Å². The molecule has 9 nitrogen and oxygen atoms in total. The predicted octanol–water partition coefficient (Wildman–Crippen LogP) is 6.14. The van der Waals surface area contributed by atoms with Crippen LogP contribution in [-0.4, -0.2) is 73.7 Å². The number of pyridine rings is 1. The van der Waals surface area contributed by atoms with Crippen LogP contribution in [-0.2, 0) is 31.9 Å². The van der Waals surface area contributed by atoms with Gasteiger partial charge in [0.05, 0.1) is 28.5 Å². The molecule has 0 fully saturated rings. The number of hydrogen-bond acceptors (Lipinski definition) is 7. The van der Waals surface area contributed by atoms with E-state index in [9.17, 15) is 23.1 Å². The van der Waals surface area contributed by atoms with Crippen molar-refractivity contribution in [2.45, 2.75) is 13.8 Å². The Hall–Kier alpha value is -3.59. The summed E-state index contributed by atoms with van der Waals surface area (Å²) in [7, 11) is 0. The maximum Gasteiger partial charge on any atom is 0.252 e. The van der Waals surface area contributed by atoms with Crippen molar-refractivity contribution >= 4 is 84.5 Å². The smallest absolute Gasteiger partial charge is 0.252 e. The third kappa shape index (κ3) is 8.77. The summed E-state index contributed by atoms with van der Waals surface area (Å²) >= 11 is 7.33. The van der Waals surface area contributed by atoms with E-state index in [1.165, 1.54) is 11.0 Å². The number of halogens is 3. The van der Waals surface area contributed by atoms with Gasteiger partial charge in [-0.25, -0.2) is 4.39 Å². The number of anilines is 2. The molecule has 0 aliphatic carbocycles. The van der Waals surface area contributed by atoms with Gasteiger partial charge in [-0.1, -0.05) is 45.7 Å². The topological polar surface area (TPSA) is 124 Å². The van der Waals surface area contributed by atoms with E-state index in [0.717, 1.165) is 10.0 Å². The first kappa shape index (κ1) is 36.7. The zero-order valence-electron chi connectivity index (χ0n) is 26.6. The SMILES string of the molecule is CC[S+]([O-])CN1C(=O)CN=C(c2ccccc2F)c2cc(Cl)ccc21.CC[S+]([O-])CN1C(=O)CN=C(c2ccccn2)c2cc(Br)ccc21. The molecule has 14 heteroatoms. The van der Waals surface area contributed by atoms with Gasteiger partial charge in [-0.3, -0.25) is 34.4 Å². The number of rotatable bonds is 8. The Balaban J connectivity index is 0.000000191. The molecule has 2 atom stereocenters. The standard InChI is InChI=1S/C18H16ClFN2O2S.C17H16BrN3O2S/c1-2-25(24)11-22-16-8-7-12(19)9-14(16)18(21-10-17(22)23)13-5-3-4-6-15(13)20;1-2-24(23)11-21-15-7-6-12(18)9-13(15)17(20-10-16(21)22)14-5-3-4-8-19-14/h3-9H,2,10-11H2,1H3;3-9H,2,10-11H2,1H3. The predicted molar refractivity (Wildman–Crippen MR) is 199 cm³/mol. The number of carbonyl (C=O) groups excluding carboxylic acids is 2. The average Bonchev–Trinajstić information content (AvgIpc) is 3.32. The number of carbonyl (C=O) groups is 2. The fourth-order valence-corrected chi connectivity index (χ4v) is 7.17. The number of aromatic nitrogens is 1. The molecule has 2 amide bonds. The van der Waals surface area contributed by atoms with Gasteiger partial charge < -0.3 is 9.11 Å². The molecule has 2 unspecified atom stereocenters. The summed E-state index contributed by atoms with van der Waals surface area (Å²) in [6.07, 6.45) is 1.70. The quantitative estimate of drug-likeness (QED) is 0.199. The van der Waals surface area contributed by atoms with Gasteiger partial charge >= 0.3 is 0 Å². The van der Waals surface area contributed by atoms with Crippen molar-refractivity contribution in [1.82, 2.24) is 4.98 Å². The van der Waals surface area contributed by atoms with E-state index in [1.807, 2.05) is 43.3 Å². The summed E-state index contributed by atoms with van der Waals surface area (Å²) in [5, 5.41) is 0.453. The van der Waals surface area contributed by atoms with E-state index >= 15 is 0 Å². The van der Waals surface area contributed by atoms with Gasteiger partial charge in [-0.2, -0.15) is 0 Å². The van der Waals surface area contributed by atoms with Crippen LogP contribution in [0.15, 0.2) is 99.5 Å². The Bertz CT molecular complexity index is 1900. The Morgan fingerprint density at radius 1 is 0.776 bits per heavy atom. The number of benzodiazepines with no additional fused rings is 2. The zero-order chi connectivity index (χ0) is 35.1. The molecule has 6 rings (SSSR count). The van der Waals surface area contributed by atoms with E-state index in [4.69, 9.17) is 11.6 Å². The van der Waals surface area contributed by atoms with E-state index in [1.54, 1.807) is 54.4 Å². The van der Waals surface area contributed by atoms with E-state index in [2.05, 4.69) is 30.9 Å². The summed E-state index contributed by atoms with van der Waals surface area (Å²) in [4.78, 5) is 41.3. The van der Waals surface area contributed by atoms with Gasteiger partial charge in [0.25, 0.3) is 11.8 Å². The Morgan fingerprint density at radius 3 is 1.94 bits per heavy atom. The highest BCUT2D eigenvalue weighted by molar-refractivity contribution is 9.10. The maximum absolute atomic E-state index is 14.3. The lowest BCUT2D eigenvalue weighted by molar-refractivity contribution is -0.117. The highest BCUT2D eigenvalue weighted by Crippen LogP contribution is 2.32. The summed E-state index contributed by atoms with van der Waals surface area (Å²) in [6.45, 7) is 3.51. The molecule has 0 radical (unpaired) electrons. The minimum atomic E-state index is -1.18. The molecular formula is C35H32BrClFN5O4S2. The van der Waals surface area contributed by atoms with Crippen LogP contribution < -0.4 is 9.80 Å². The molecule has 0 spiro atoms. The van der Waals surface area contributed by atoms with Crippen LogP contribution in [0, 0.1) is 5.82 Å². The highest BCUT2D eigenvalue weighted by Gasteiger charge is 2.30. The Labute approximate surface area is 303 Å². The van der Waals surface area contributed by atoms with Crippen LogP contribution in [0.3, 0.4) is 0 Å². The second-order valence-electron chi connectivity index (χ2n) is 10.7. The molecule has 0 bridgehead atoms. The highest BCUT2D eigenvalue weighted by atomic mass is 79.9. The molecule has 49 heavy (non-hydrogen) atoms. The first-order valence-electron chi connectivity index (χ1n) is 15.3. The van der Waals surface area contributed by atoms with E-state index < -0.39 is 28.2 Å². The molecule has 0 saturated heterocycles. The fourth-order valence-electron chi connectivity index (χ4n) is 5.13. The maximum atomic E-state index is 14.3. The average molecular weight is 785 g/mol. The van der Waals surface area contributed by atoms with Gasteiger partial charge in [-0.05, 0) is 96.9 Å². The van der Waals surface area contributed by atoms with Crippen molar-refractivity contribution < 1.29 is 23.1 Å². The number of benzene rings is 3. The number of hydrogen-bond donors (Lipinski definition) is 0. The molecule has 2 aliphatic rings. The minimum absolute atomic E-state index is 0.0130. The lowest BCUT2D eigenvalue weighted by atomic mass is 10.00. The molecule has 254 valence electrons. The number of aliphatic imine (C=N–C) groups is 2. The zero-order valence-corrected chi connectivity index (χ0v) is 30.6. The summed E-state index contributed by atoms with van der Waals surface area (Å²) in [5.74, 6) is 0.323. The van der Waals surface area contributed by atoms with Crippen LogP contribution >= 0.6 is 27.5 Å². The van der Waals surface area contributed by atoms with E-state index in [0.29, 0.717) is 56.1 Å². The van der Waals surface area contributed by atoms with Crippen LogP contribution in [0.1, 0.15) is 36.2 Å². The molecule has 4 aromatic rings. The number of nitrogens with zero attached hydrogens (tertiary/aromatic N) is 5. The van der Waals surface area contributed by atoms with Crippen molar-refractivity contribution in [3.63, 3.8) is 0 Å². The van der Waals surface area contributed by atoms with Crippen molar-refractivity contribution in [3.05, 3.63) is 123 Å². The third-order valence-corrected chi connectivity index (χ3v) is 10.7. The van der Waals surface area contributed by atoms with Crippen LogP contribution in [0.2, 0.25) is 5.02 Å². The second kappa shape index (κ2) is 16.9. The van der Waals surface area contributed by atoms with Crippen LogP contribution in [0.5, 0.6) is 0 Å². The molecular weight excluding hydrogens is 753 g/mol. The van der Waals surface area contributed by atoms with E-state index in [-0.39, 0.29) is 36.7 Å². The molecule has 1 aromatic heterocycles. The van der Waals surface area contributed by atoms with Gasteiger partial charge in [0, 0.05) is 32.4 Å². The third-order valence-electron chi connectivity index (χ3n) is 7.58. The second-order valence-corrected chi connectivity index (χ2v) is 15.5. The van der Waals surface area contributed by atoms with Crippen LogP contribution in [0.4, 0.5) is 15.8 Å². The fraction of sp³-hybridized carbons (Fsp3) is 0.229. The largest absolute Gasteiger partial charge is 0.615 e. The molecule has 0 saturated carbocycles. The van der Waals surface area contributed by atoms with Crippen molar-refractivity contribution in [1.29, 1.82) is 0 Å². The normalized spacial score (nSPS) is 15.5. The summed E-state index contributed by atoms with van der Waals surface area (Å²) in [5.41, 5.74) is 4.67. The van der Waals surface area contributed by atoms with Crippen molar-refractivity contribution in [3.8, 4) is 0 Å². The summed E-state index contributed by atoms with van der Waals surface area (Å²) in [6, 6.07) is 22.5. The monoisotopic (exact) mass is 783 g/mol. The molecule has 0 N–H and O–H groups in total. The van der Waals surface area contributed by atoms with Crippen LogP contribution in [0.25, 0.3) is 0 Å².